The van der Waals surface area contributed by atoms with Gasteiger partial charge in [0.2, 0.25) is 0 Å². The predicted octanol–water partition coefficient (Wildman–Crippen LogP) is 1.88. The average molecular weight is 197 g/mol. The Hall–Kier alpha value is -0.240. The molecular formula is C10H15NOS. The summed E-state index contributed by atoms with van der Waals surface area (Å²) < 4.78 is 0. The molecule has 0 aliphatic heterocycles. The molecule has 3 heteroatoms. The minimum Gasteiger partial charge on any atom is -0.393 e. The van der Waals surface area contributed by atoms with Crippen molar-refractivity contribution in [3.8, 4) is 0 Å². The molecule has 2 aliphatic rings. The summed E-state index contributed by atoms with van der Waals surface area (Å²) in [6, 6.07) is 0.414. The van der Waals surface area contributed by atoms with E-state index in [-0.39, 0.29) is 6.10 Å². The molecule has 0 aromatic rings. The molecule has 0 aromatic carbocycles. The van der Waals surface area contributed by atoms with Gasteiger partial charge in [0.05, 0.1) is 17.3 Å². The molecule has 2 aliphatic carbocycles. The van der Waals surface area contributed by atoms with Gasteiger partial charge in [-0.2, -0.15) is 0 Å². The molecule has 13 heavy (non-hydrogen) atoms. The lowest BCUT2D eigenvalue weighted by Gasteiger charge is -2.27. The van der Waals surface area contributed by atoms with Crippen molar-refractivity contribution in [2.75, 3.05) is 0 Å². The third kappa shape index (κ3) is 1.56. The first kappa shape index (κ1) is 9.32. The minimum atomic E-state index is -0.146. The summed E-state index contributed by atoms with van der Waals surface area (Å²) in [5.41, 5.74) is 0. The van der Waals surface area contributed by atoms with Crippen molar-refractivity contribution < 1.29 is 5.11 Å². The lowest BCUT2D eigenvalue weighted by Crippen LogP contribution is -2.27. The van der Waals surface area contributed by atoms with Crippen molar-refractivity contribution in [2.24, 2.45) is 22.7 Å². The van der Waals surface area contributed by atoms with Crippen molar-refractivity contribution in [1.82, 2.24) is 0 Å². The molecule has 2 saturated carbocycles. The van der Waals surface area contributed by atoms with E-state index < -0.39 is 0 Å². The lowest BCUT2D eigenvalue weighted by molar-refractivity contribution is 0.0874. The Morgan fingerprint density at radius 3 is 2.62 bits per heavy atom. The molecule has 2 rings (SSSR count). The van der Waals surface area contributed by atoms with Gasteiger partial charge < -0.3 is 5.11 Å². The maximum atomic E-state index is 9.52. The molecule has 5 atom stereocenters. The Balaban J connectivity index is 2.02. The smallest absolute Gasteiger partial charge is 0.0633 e. The largest absolute Gasteiger partial charge is 0.393 e. The number of aliphatic hydroxyl groups is 1. The summed E-state index contributed by atoms with van der Waals surface area (Å²) in [5, 5.41) is 12.0. The van der Waals surface area contributed by atoms with Crippen LogP contribution in [0.3, 0.4) is 0 Å². The first-order valence-electron chi connectivity index (χ1n) is 4.97. The third-order valence-corrected chi connectivity index (χ3v) is 3.82. The monoisotopic (exact) mass is 197 g/mol. The molecule has 2 bridgehead atoms. The Labute approximate surface area is 84.1 Å². The van der Waals surface area contributed by atoms with Gasteiger partial charge in [-0.15, -0.1) is 0 Å². The first-order chi connectivity index (χ1) is 6.22. The molecule has 0 radical (unpaired) electrons. The maximum absolute atomic E-state index is 9.52. The van der Waals surface area contributed by atoms with Crippen LogP contribution in [-0.2, 0) is 0 Å². The number of aliphatic imine (C=N–C) groups is 1. The molecule has 2 fully saturated rings. The molecular weight excluding hydrogens is 182 g/mol. The fourth-order valence-electron chi connectivity index (χ4n) is 3.11. The van der Waals surface area contributed by atoms with Crippen LogP contribution in [0, 0.1) is 17.8 Å². The Kier molecular flexibility index (Phi) is 2.50. The van der Waals surface area contributed by atoms with Crippen LogP contribution in [-0.4, -0.2) is 22.4 Å². The number of thiocarbonyl (C=S) groups is 1. The van der Waals surface area contributed by atoms with Gasteiger partial charge in [-0.1, -0.05) is 0 Å². The van der Waals surface area contributed by atoms with E-state index in [1.165, 1.54) is 6.42 Å². The van der Waals surface area contributed by atoms with Crippen LogP contribution in [0.15, 0.2) is 4.99 Å². The standard InChI is InChI=1S/C10H15NOS/c1-6(12)9-3-8-2-7(9)4-10(8)11-5-13/h6-10,12H,2-4H2,1H3/t6?,7-,8-,9-,10+/m1/s1. The summed E-state index contributed by atoms with van der Waals surface area (Å²) in [6.45, 7) is 1.91. The molecule has 72 valence electrons. The van der Waals surface area contributed by atoms with E-state index in [9.17, 15) is 5.11 Å². The predicted molar refractivity (Wildman–Crippen MR) is 54.8 cm³/mol. The zero-order valence-electron chi connectivity index (χ0n) is 7.81. The van der Waals surface area contributed by atoms with Crippen LogP contribution >= 0.6 is 12.2 Å². The normalized spacial score (nSPS) is 44.5. The molecule has 0 saturated heterocycles. The number of hydrogen-bond acceptors (Lipinski definition) is 3. The van der Waals surface area contributed by atoms with Gasteiger partial charge in [0.1, 0.15) is 0 Å². The highest BCUT2D eigenvalue weighted by atomic mass is 32.1. The van der Waals surface area contributed by atoms with Crippen molar-refractivity contribution in [3.05, 3.63) is 0 Å². The highest BCUT2D eigenvalue weighted by molar-refractivity contribution is 7.78. The van der Waals surface area contributed by atoms with Crippen molar-refractivity contribution >= 4 is 17.4 Å². The van der Waals surface area contributed by atoms with Crippen LogP contribution in [0.1, 0.15) is 26.2 Å². The highest BCUT2D eigenvalue weighted by Crippen LogP contribution is 2.50. The Morgan fingerprint density at radius 1 is 1.38 bits per heavy atom. The molecule has 1 N–H and O–H groups in total. The number of hydrogen-bond donors (Lipinski definition) is 1. The quantitative estimate of drug-likeness (QED) is 0.541. The average Bonchev–Trinajstić information content (AvgIpc) is 2.62. The lowest BCUT2D eigenvalue weighted by atomic mass is 9.83. The fourth-order valence-corrected chi connectivity index (χ4v) is 3.24. The molecule has 0 heterocycles. The number of nitrogens with zero attached hydrogens (tertiary/aromatic N) is 1. The van der Waals surface area contributed by atoms with Crippen molar-refractivity contribution in [3.63, 3.8) is 0 Å². The van der Waals surface area contributed by atoms with Crippen molar-refractivity contribution in [1.29, 1.82) is 0 Å². The van der Waals surface area contributed by atoms with Gasteiger partial charge in [0.15, 0.2) is 0 Å². The van der Waals surface area contributed by atoms with E-state index in [2.05, 4.69) is 22.4 Å². The summed E-state index contributed by atoms with van der Waals surface area (Å²) in [6.07, 6.45) is 3.34. The van der Waals surface area contributed by atoms with Crippen molar-refractivity contribution in [2.45, 2.75) is 38.3 Å². The van der Waals surface area contributed by atoms with E-state index in [0.29, 0.717) is 23.8 Å². The summed E-state index contributed by atoms with van der Waals surface area (Å²) in [7, 11) is 0. The number of aliphatic hydroxyl groups excluding tert-OH is 1. The zero-order valence-corrected chi connectivity index (χ0v) is 8.63. The van der Waals surface area contributed by atoms with E-state index in [1.807, 2.05) is 6.92 Å². The topological polar surface area (TPSA) is 32.6 Å². The van der Waals surface area contributed by atoms with E-state index in [1.54, 1.807) is 0 Å². The number of fused-ring (bicyclic) bond motifs is 2. The Bertz CT molecular complexity index is 247. The third-order valence-electron chi connectivity index (χ3n) is 3.71. The van der Waals surface area contributed by atoms with Gasteiger partial charge >= 0.3 is 0 Å². The number of rotatable bonds is 2. The first-order valence-corrected chi connectivity index (χ1v) is 5.38. The van der Waals surface area contributed by atoms with E-state index in [4.69, 9.17) is 0 Å². The summed E-state index contributed by atoms with van der Waals surface area (Å²) in [5.74, 6) is 1.86. The fraction of sp³-hybridized carbons (Fsp3) is 0.900. The van der Waals surface area contributed by atoms with Gasteiger partial charge in [-0.05, 0) is 56.2 Å². The van der Waals surface area contributed by atoms with Gasteiger partial charge in [0, 0.05) is 0 Å². The van der Waals surface area contributed by atoms with Crippen LogP contribution in [0.5, 0.6) is 0 Å². The van der Waals surface area contributed by atoms with Gasteiger partial charge in [0.25, 0.3) is 0 Å². The minimum absolute atomic E-state index is 0.146. The second-order valence-corrected chi connectivity index (χ2v) is 4.60. The van der Waals surface area contributed by atoms with Crippen LogP contribution in [0.4, 0.5) is 0 Å². The molecule has 1 unspecified atom stereocenters. The van der Waals surface area contributed by atoms with Gasteiger partial charge in [-0.3, -0.25) is 0 Å². The SMILES string of the molecule is CC(O)[C@H]1C[C@H]2C[C@@H]1C[C@@H]2N=C=S. The van der Waals surface area contributed by atoms with Crippen LogP contribution in [0.2, 0.25) is 0 Å². The number of isothiocyanates is 1. The van der Waals surface area contributed by atoms with E-state index >= 15 is 0 Å². The maximum Gasteiger partial charge on any atom is 0.0633 e. The summed E-state index contributed by atoms with van der Waals surface area (Å²) >= 11 is 4.62. The highest BCUT2D eigenvalue weighted by Gasteiger charge is 2.47. The zero-order chi connectivity index (χ0) is 9.42. The summed E-state index contributed by atoms with van der Waals surface area (Å²) in [4.78, 5) is 4.18. The molecule has 0 aromatic heterocycles. The Morgan fingerprint density at radius 2 is 2.15 bits per heavy atom. The second kappa shape index (κ2) is 3.49. The molecule has 0 spiro atoms. The van der Waals surface area contributed by atoms with Crippen LogP contribution < -0.4 is 0 Å². The molecule has 2 nitrogen and oxygen atoms in total. The second-order valence-electron chi connectivity index (χ2n) is 4.42. The molecule has 0 amide bonds. The van der Waals surface area contributed by atoms with E-state index in [0.717, 1.165) is 12.8 Å². The van der Waals surface area contributed by atoms with Gasteiger partial charge in [-0.25, -0.2) is 4.99 Å². The van der Waals surface area contributed by atoms with Crippen LogP contribution in [0.25, 0.3) is 0 Å².